The van der Waals surface area contributed by atoms with Gasteiger partial charge in [0.15, 0.2) is 0 Å². The number of rotatable bonds is 4. The Hall–Kier alpha value is -3.30. The Morgan fingerprint density at radius 1 is 1.29 bits per heavy atom. The van der Waals surface area contributed by atoms with E-state index in [1.165, 1.54) is 0 Å². The van der Waals surface area contributed by atoms with Crippen LogP contribution in [-0.4, -0.2) is 54.6 Å². The summed E-state index contributed by atoms with van der Waals surface area (Å²) < 4.78 is 1.58. The van der Waals surface area contributed by atoms with Crippen LogP contribution in [-0.2, 0) is 11.2 Å². The van der Waals surface area contributed by atoms with Crippen LogP contribution in [0.1, 0.15) is 29.8 Å². The van der Waals surface area contributed by atoms with Crippen LogP contribution in [0, 0.1) is 13.8 Å². The van der Waals surface area contributed by atoms with Gasteiger partial charge >= 0.3 is 0 Å². The van der Waals surface area contributed by atoms with E-state index in [-0.39, 0.29) is 24.3 Å². The van der Waals surface area contributed by atoms with Gasteiger partial charge < -0.3 is 16.0 Å². The molecule has 1 aliphatic rings. The third kappa shape index (κ3) is 3.57. The summed E-state index contributed by atoms with van der Waals surface area (Å²) in [7, 11) is 0. The van der Waals surface area contributed by atoms with Crippen molar-refractivity contribution in [3.63, 3.8) is 0 Å². The molecule has 4 rings (SSSR count). The average Bonchev–Trinajstić information content (AvgIpc) is 3.06. The molecule has 10 nitrogen and oxygen atoms in total. The molecule has 0 bridgehead atoms. The van der Waals surface area contributed by atoms with Crippen molar-refractivity contribution in [2.24, 2.45) is 0 Å². The molecule has 146 valence electrons. The summed E-state index contributed by atoms with van der Waals surface area (Å²) in [6.45, 7) is 5.36. The minimum absolute atomic E-state index is 0.0405. The highest BCUT2D eigenvalue weighted by Crippen LogP contribution is 2.17. The van der Waals surface area contributed by atoms with Crippen molar-refractivity contribution < 1.29 is 4.79 Å². The van der Waals surface area contributed by atoms with E-state index in [2.05, 4.69) is 35.3 Å². The standard InChI is InChI=1S/C18H23N9O/c1-11-14(12(2)27-18(22-11)24-16(19)25-27)9-15(28)23-13-5-3-8-26(10-13)17-20-6-4-7-21-17/h4,6-7,13H,3,5,8-10H2,1-2H3,(H2,19,25)(H,23,28). The van der Waals surface area contributed by atoms with Gasteiger partial charge in [0.2, 0.25) is 17.8 Å². The number of nitrogen functional groups attached to an aromatic ring is 1. The smallest absolute Gasteiger partial charge is 0.254 e. The summed E-state index contributed by atoms with van der Waals surface area (Å²) in [5, 5.41) is 7.29. The Morgan fingerprint density at radius 2 is 2.07 bits per heavy atom. The summed E-state index contributed by atoms with van der Waals surface area (Å²) in [5.41, 5.74) is 8.09. The monoisotopic (exact) mass is 381 g/mol. The molecule has 3 N–H and O–H groups in total. The molecular weight excluding hydrogens is 358 g/mol. The molecule has 1 atom stereocenters. The maximum absolute atomic E-state index is 12.7. The Balaban J connectivity index is 1.45. The summed E-state index contributed by atoms with van der Waals surface area (Å²) >= 11 is 0. The molecule has 0 radical (unpaired) electrons. The molecular formula is C18H23N9O. The fourth-order valence-electron chi connectivity index (χ4n) is 3.65. The van der Waals surface area contributed by atoms with Gasteiger partial charge in [-0.2, -0.15) is 9.50 Å². The molecule has 0 aliphatic carbocycles. The quantitative estimate of drug-likeness (QED) is 0.666. The number of fused-ring (bicyclic) bond motifs is 1. The van der Waals surface area contributed by atoms with E-state index in [0.29, 0.717) is 18.3 Å². The van der Waals surface area contributed by atoms with Gasteiger partial charge in [-0.15, -0.1) is 5.10 Å². The van der Waals surface area contributed by atoms with Crippen LogP contribution in [0.4, 0.5) is 11.9 Å². The zero-order valence-corrected chi connectivity index (χ0v) is 16.0. The lowest BCUT2D eigenvalue weighted by Gasteiger charge is -2.33. The van der Waals surface area contributed by atoms with Crippen molar-refractivity contribution in [1.82, 2.24) is 34.9 Å². The number of nitrogens with two attached hydrogens (primary N) is 1. The van der Waals surface area contributed by atoms with E-state index >= 15 is 0 Å². The van der Waals surface area contributed by atoms with E-state index in [9.17, 15) is 4.79 Å². The molecule has 1 fully saturated rings. The number of piperidine rings is 1. The Morgan fingerprint density at radius 3 is 2.86 bits per heavy atom. The SMILES string of the molecule is Cc1nc2nc(N)nn2c(C)c1CC(=O)NC1CCCN(c2ncccn2)C1. The second-order valence-electron chi connectivity index (χ2n) is 7.02. The van der Waals surface area contributed by atoms with Crippen molar-refractivity contribution in [3.8, 4) is 0 Å². The van der Waals surface area contributed by atoms with Crippen LogP contribution >= 0.6 is 0 Å². The molecule has 4 heterocycles. The van der Waals surface area contributed by atoms with Crippen LogP contribution in [0.5, 0.6) is 0 Å². The van der Waals surface area contributed by atoms with Gasteiger partial charge in [-0.25, -0.2) is 15.0 Å². The first kappa shape index (κ1) is 18.1. The molecule has 3 aromatic rings. The van der Waals surface area contributed by atoms with Crippen LogP contribution in [0.15, 0.2) is 18.5 Å². The molecule has 0 saturated carbocycles. The van der Waals surface area contributed by atoms with Crippen molar-refractivity contribution >= 4 is 23.6 Å². The molecule has 0 aromatic carbocycles. The number of carbonyl (C=O) groups excluding carboxylic acids is 1. The van der Waals surface area contributed by atoms with Crippen molar-refractivity contribution in [2.45, 2.75) is 39.2 Å². The Bertz CT molecular complexity index is 1000. The Kier molecular flexibility index (Phi) is 4.76. The minimum atomic E-state index is -0.0405. The van der Waals surface area contributed by atoms with Gasteiger partial charge in [0, 0.05) is 48.5 Å². The normalized spacial score (nSPS) is 17.1. The van der Waals surface area contributed by atoms with Gasteiger partial charge in [0.25, 0.3) is 5.78 Å². The van der Waals surface area contributed by atoms with Crippen LogP contribution < -0.4 is 16.0 Å². The molecule has 1 amide bonds. The lowest BCUT2D eigenvalue weighted by Crippen LogP contribution is -2.48. The second-order valence-corrected chi connectivity index (χ2v) is 7.02. The molecule has 1 saturated heterocycles. The van der Waals surface area contributed by atoms with Crippen molar-refractivity contribution in [1.29, 1.82) is 0 Å². The molecule has 3 aromatic heterocycles. The van der Waals surface area contributed by atoms with Crippen LogP contribution in [0.25, 0.3) is 5.78 Å². The fourth-order valence-corrected chi connectivity index (χ4v) is 3.65. The van der Waals surface area contributed by atoms with E-state index in [1.807, 2.05) is 13.8 Å². The van der Waals surface area contributed by atoms with Crippen molar-refractivity contribution in [2.75, 3.05) is 23.7 Å². The fraction of sp³-hybridized carbons (Fsp3) is 0.444. The highest BCUT2D eigenvalue weighted by molar-refractivity contribution is 5.79. The number of anilines is 2. The molecule has 10 heteroatoms. The van der Waals surface area contributed by atoms with Gasteiger partial charge in [0.05, 0.1) is 6.42 Å². The van der Waals surface area contributed by atoms with Gasteiger partial charge in [-0.1, -0.05) is 0 Å². The summed E-state index contributed by atoms with van der Waals surface area (Å²) in [5.74, 6) is 1.28. The lowest BCUT2D eigenvalue weighted by atomic mass is 10.0. The average molecular weight is 381 g/mol. The van der Waals surface area contributed by atoms with Gasteiger partial charge in [-0.3, -0.25) is 4.79 Å². The summed E-state index contributed by atoms with van der Waals surface area (Å²) in [6.07, 6.45) is 5.61. The predicted octanol–water partition coefficient (Wildman–Crippen LogP) is 0.441. The van der Waals surface area contributed by atoms with Gasteiger partial charge in [0.1, 0.15) is 0 Å². The van der Waals surface area contributed by atoms with E-state index in [1.54, 1.807) is 23.0 Å². The maximum Gasteiger partial charge on any atom is 0.254 e. The topological polar surface area (TPSA) is 127 Å². The number of hydrogen-bond donors (Lipinski definition) is 2. The number of aromatic nitrogens is 6. The van der Waals surface area contributed by atoms with Crippen LogP contribution in [0.2, 0.25) is 0 Å². The first-order valence-electron chi connectivity index (χ1n) is 9.31. The van der Waals surface area contributed by atoms with Crippen molar-refractivity contribution in [3.05, 3.63) is 35.4 Å². The largest absolute Gasteiger partial charge is 0.366 e. The number of nitrogens with one attached hydrogen (secondary N) is 1. The number of aryl methyl sites for hydroxylation is 2. The third-order valence-corrected chi connectivity index (χ3v) is 5.02. The zero-order chi connectivity index (χ0) is 19.7. The lowest BCUT2D eigenvalue weighted by molar-refractivity contribution is -0.121. The predicted molar refractivity (Wildman–Crippen MR) is 104 cm³/mol. The summed E-state index contributed by atoms with van der Waals surface area (Å²) in [6, 6.07) is 1.86. The number of nitrogens with zero attached hydrogens (tertiary/aromatic N) is 7. The first-order chi connectivity index (χ1) is 13.5. The number of amides is 1. The second kappa shape index (κ2) is 7.37. The summed E-state index contributed by atoms with van der Waals surface area (Å²) in [4.78, 5) is 31.9. The number of hydrogen-bond acceptors (Lipinski definition) is 8. The van der Waals surface area contributed by atoms with E-state index < -0.39 is 0 Å². The first-order valence-corrected chi connectivity index (χ1v) is 9.31. The van der Waals surface area contributed by atoms with E-state index in [0.717, 1.165) is 36.3 Å². The highest BCUT2D eigenvalue weighted by atomic mass is 16.1. The highest BCUT2D eigenvalue weighted by Gasteiger charge is 2.24. The molecule has 0 spiro atoms. The molecule has 1 unspecified atom stereocenters. The van der Waals surface area contributed by atoms with Gasteiger partial charge in [-0.05, 0) is 32.8 Å². The minimum Gasteiger partial charge on any atom is -0.366 e. The third-order valence-electron chi connectivity index (χ3n) is 5.02. The van der Waals surface area contributed by atoms with Crippen LogP contribution in [0.3, 0.4) is 0 Å². The molecule has 1 aliphatic heterocycles. The molecule has 28 heavy (non-hydrogen) atoms. The zero-order valence-electron chi connectivity index (χ0n) is 16.0. The number of carbonyl (C=O) groups is 1. The van der Waals surface area contributed by atoms with E-state index in [4.69, 9.17) is 5.73 Å². The Labute approximate surface area is 162 Å². The maximum atomic E-state index is 12.7.